The van der Waals surface area contributed by atoms with Crippen molar-refractivity contribution in [2.45, 2.75) is 84.5 Å². The molecule has 12 heteroatoms. The van der Waals surface area contributed by atoms with Crippen LogP contribution in [-0.2, 0) is 20.8 Å². The van der Waals surface area contributed by atoms with Crippen molar-refractivity contribution < 1.29 is 23.9 Å². The van der Waals surface area contributed by atoms with Gasteiger partial charge in [0.2, 0.25) is 5.91 Å². The fourth-order valence-electron chi connectivity index (χ4n) is 6.03. The summed E-state index contributed by atoms with van der Waals surface area (Å²) < 4.78 is 10.8. The van der Waals surface area contributed by atoms with Gasteiger partial charge in [0.25, 0.3) is 0 Å². The molecule has 0 aromatic carbocycles. The Balaban J connectivity index is 1.13. The highest BCUT2D eigenvalue weighted by molar-refractivity contribution is 7.13. The van der Waals surface area contributed by atoms with Crippen LogP contribution in [0.2, 0.25) is 0 Å². The van der Waals surface area contributed by atoms with E-state index in [1.165, 1.54) is 4.88 Å². The van der Waals surface area contributed by atoms with E-state index < -0.39 is 5.60 Å². The minimum Gasteiger partial charge on any atom is -0.446 e. The molecule has 1 aliphatic carbocycles. The Bertz CT molecular complexity index is 1270. The number of rotatable bonds is 10. The lowest BCUT2D eigenvalue weighted by atomic mass is 9.73. The summed E-state index contributed by atoms with van der Waals surface area (Å²) in [4.78, 5) is 50.6. The van der Waals surface area contributed by atoms with E-state index in [-0.39, 0.29) is 29.6 Å². The normalized spacial score (nSPS) is 19.6. The van der Waals surface area contributed by atoms with Crippen molar-refractivity contribution in [1.82, 2.24) is 20.0 Å². The Labute approximate surface area is 258 Å². The number of hydrogen-bond acceptors (Lipinski definition) is 9. The Kier molecular flexibility index (Phi) is 9.36. The molecule has 0 radical (unpaired) electrons. The molecular weight excluding hydrogens is 568 g/mol. The molecule has 2 saturated heterocycles. The number of nitrogens with two attached hydrogens (primary N) is 1. The number of carbonyl (C=O) groups excluding carboxylic acids is 3. The number of amidine groups is 1. The van der Waals surface area contributed by atoms with Crippen LogP contribution in [0.25, 0.3) is 6.08 Å². The van der Waals surface area contributed by atoms with Gasteiger partial charge in [0.1, 0.15) is 17.5 Å². The van der Waals surface area contributed by atoms with Crippen LogP contribution >= 0.6 is 11.3 Å². The number of likely N-dealkylation sites (tertiary alicyclic amines) is 2. The van der Waals surface area contributed by atoms with Gasteiger partial charge in [-0.1, -0.05) is 6.92 Å². The van der Waals surface area contributed by atoms with Crippen molar-refractivity contribution >= 4 is 47.0 Å². The summed E-state index contributed by atoms with van der Waals surface area (Å²) in [7, 11) is 0. The maximum Gasteiger partial charge on any atom is 0.410 e. The second-order valence-electron chi connectivity index (χ2n) is 13.4. The molecule has 11 nitrogen and oxygen atoms in total. The van der Waals surface area contributed by atoms with E-state index in [0.29, 0.717) is 43.9 Å². The molecule has 3 fully saturated rings. The van der Waals surface area contributed by atoms with E-state index in [9.17, 15) is 14.4 Å². The monoisotopic (exact) mass is 614 g/mol. The number of amides is 3. The largest absolute Gasteiger partial charge is 0.446 e. The third-order valence-corrected chi connectivity index (χ3v) is 9.25. The Morgan fingerprint density at radius 3 is 2.58 bits per heavy atom. The molecule has 1 spiro atoms. The molecule has 0 atom stereocenters. The molecule has 0 bridgehead atoms. The highest BCUT2D eigenvalue weighted by Crippen LogP contribution is 2.42. The number of alkyl carbamates (subject to hydrolysis) is 1. The number of carbonyl (C=O) groups is 3. The number of nitrogens with zero attached hydrogens (tertiary/aromatic N) is 4. The number of aliphatic imine (C=N–C) groups is 1. The Hall–Kier alpha value is -3.12. The second kappa shape index (κ2) is 12.9. The summed E-state index contributed by atoms with van der Waals surface area (Å²) in [5.74, 6) is 0.392. The molecule has 3 amide bonds. The summed E-state index contributed by atoms with van der Waals surface area (Å²) >= 11 is 1.65. The number of nitrogens with one attached hydrogen (secondary N) is 1. The highest BCUT2D eigenvalue weighted by Gasteiger charge is 2.53. The lowest BCUT2D eigenvalue weighted by molar-refractivity contribution is -0.127. The molecule has 3 aliphatic heterocycles. The average Bonchev–Trinajstić information content (AvgIpc) is 3.14. The van der Waals surface area contributed by atoms with Crippen molar-refractivity contribution in [2.24, 2.45) is 16.1 Å². The summed E-state index contributed by atoms with van der Waals surface area (Å²) in [5, 5.41) is 2.80. The molecular formula is C31H46N6O5S. The molecule has 4 heterocycles. The van der Waals surface area contributed by atoms with Crippen LogP contribution < -0.4 is 11.1 Å². The van der Waals surface area contributed by atoms with Gasteiger partial charge in [0.05, 0.1) is 10.6 Å². The number of ether oxygens (including phenoxy) is 2. The third-order valence-electron chi connectivity index (χ3n) is 8.19. The quantitative estimate of drug-likeness (QED) is 0.372. The first-order valence-corrected chi connectivity index (χ1v) is 16.3. The maximum absolute atomic E-state index is 13.6. The van der Waals surface area contributed by atoms with E-state index in [1.807, 2.05) is 38.7 Å². The topological polar surface area (TPSA) is 130 Å². The Morgan fingerprint density at radius 2 is 1.93 bits per heavy atom. The summed E-state index contributed by atoms with van der Waals surface area (Å²) in [6, 6.07) is 2.08. The lowest BCUT2D eigenvalue weighted by Crippen LogP contribution is -2.72. The van der Waals surface area contributed by atoms with Crippen molar-refractivity contribution in [3.05, 3.63) is 21.4 Å². The predicted molar refractivity (Wildman–Crippen MR) is 167 cm³/mol. The highest BCUT2D eigenvalue weighted by atomic mass is 32.1. The van der Waals surface area contributed by atoms with Crippen molar-refractivity contribution in [3.8, 4) is 0 Å². The zero-order valence-electron chi connectivity index (χ0n) is 25.9. The standard InChI is InChI=1S/C31H46N6O5S/c1-5-11-36(12-7-10-33-28(39)41-22-8-6-9-22)27(38)21-13-25-24(34-26(32)14-21)15-23(43-25)16-35-17-31(18-35)19-37(20-31)29(40)42-30(2,3)4/h13,15,22H,5-12,14,16-20H2,1-4H3,(H2,32,34)(H,33,39). The first kappa shape index (κ1) is 31.3. The molecule has 3 N–H and O–H groups in total. The van der Waals surface area contributed by atoms with Crippen LogP contribution in [0.15, 0.2) is 16.6 Å². The van der Waals surface area contributed by atoms with E-state index in [1.54, 1.807) is 16.2 Å². The van der Waals surface area contributed by atoms with Gasteiger partial charge in [0.15, 0.2) is 0 Å². The fourth-order valence-corrected chi connectivity index (χ4v) is 7.15. The molecule has 4 aliphatic rings. The van der Waals surface area contributed by atoms with Gasteiger partial charge >= 0.3 is 12.2 Å². The molecule has 1 aromatic rings. The van der Waals surface area contributed by atoms with Crippen molar-refractivity contribution in [3.63, 3.8) is 0 Å². The van der Waals surface area contributed by atoms with E-state index in [2.05, 4.69) is 21.3 Å². The van der Waals surface area contributed by atoms with Gasteiger partial charge in [0, 0.05) is 74.6 Å². The van der Waals surface area contributed by atoms with Crippen molar-refractivity contribution in [1.29, 1.82) is 0 Å². The zero-order valence-corrected chi connectivity index (χ0v) is 26.8. The minimum absolute atomic E-state index is 0.0379. The summed E-state index contributed by atoms with van der Waals surface area (Å²) in [6.07, 6.45) is 6.18. The van der Waals surface area contributed by atoms with Crippen LogP contribution in [0.4, 0.5) is 15.3 Å². The molecule has 43 heavy (non-hydrogen) atoms. The van der Waals surface area contributed by atoms with Gasteiger partial charge in [-0.2, -0.15) is 0 Å². The van der Waals surface area contributed by atoms with Gasteiger partial charge < -0.3 is 30.3 Å². The molecule has 1 saturated carbocycles. The van der Waals surface area contributed by atoms with Crippen LogP contribution in [0, 0.1) is 5.41 Å². The second-order valence-corrected chi connectivity index (χ2v) is 14.6. The van der Waals surface area contributed by atoms with Crippen LogP contribution in [-0.4, -0.2) is 96.1 Å². The van der Waals surface area contributed by atoms with Crippen LogP contribution in [0.5, 0.6) is 0 Å². The van der Waals surface area contributed by atoms with Gasteiger partial charge in [-0.25, -0.2) is 14.6 Å². The van der Waals surface area contributed by atoms with E-state index >= 15 is 0 Å². The Morgan fingerprint density at radius 1 is 1.19 bits per heavy atom. The number of thiophene rings is 1. The SMILES string of the molecule is CCCN(CCCNC(=O)OC1CCC1)C(=O)C1=Cc2sc(CN3CC4(C3)CN(C(=O)OC(C)(C)C)C4)cc2N=C(N)C1. The van der Waals surface area contributed by atoms with Gasteiger partial charge in [-0.3, -0.25) is 9.69 Å². The molecule has 5 rings (SSSR count). The number of fused-ring (bicyclic) bond motifs is 1. The maximum atomic E-state index is 13.6. The summed E-state index contributed by atoms with van der Waals surface area (Å²) in [5.41, 5.74) is 7.41. The smallest absolute Gasteiger partial charge is 0.410 e. The molecule has 236 valence electrons. The minimum atomic E-state index is -0.481. The molecule has 1 aromatic heterocycles. The average molecular weight is 615 g/mol. The molecule has 0 unspecified atom stereocenters. The fraction of sp³-hybridized carbons (Fsp3) is 0.677. The van der Waals surface area contributed by atoms with E-state index in [0.717, 1.165) is 69.0 Å². The zero-order chi connectivity index (χ0) is 30.8. The van der Waals surface area contributed by atoms with Gasteiger partial charge in [-0.15, -0.1) is 11.3 Å². The first-order valence-electron chi connectivity index (χ1n) is 15.5. The third kappa shape index (κ3) is 7.89. The first-order chi connectivity index (χ1) is 20.4. The van der Waals surface area contributed by atoms with E-state index in [4.69, 9.17) is 15.2 Å². The van der Waals surface area contributed by atoms with Crippen molar-refractivity contribution in [2.75, 3.05) is 45.8 Å². The number of hydrogen-bond donors (Lipinski definition) is 2. The predicted octanol–water partition coefficient (Wildman–Crippen LogP) is 4.48. The lowest BCUT2D eigenvalue weighted by Gasteiger charge is -2.59. The van der Waals surface area contributed by atoms with Gasteiger partial charge in [-0.05, 0) is 65.0 Å². The van der Waals surface area contributed by atoms with Crippen LogP contribution in [0.1, 0.15) is 76.0 Å². The van der Waals surface area contributed by atoms with Crippen LogP contribution in [0.3, 0.4) is 0 Å². The summed E-state index contributed by atoms with van der Waals surface area (Å²) in [6.45, 7) is 13.5.